The number of nitrogens with one attached hydrogen (secondary N) is 1. The van der Waals surface area contributed by atoms with Crippen LogP contribution in [0, 0.1) is 5.82 Å². The SMILES string of the molecule is CCCC[C@H](N)C(=O)Nc1ccc(F)c(C(=O)OC)c1. The summed E-state index contributed by atoms with van der Waals surface area (Å²) < 4.78 is 17.9. The first-order valence-electron chi connectivity index (χ1n) is 6.44. The first-order valence-corrected chi connectivity index (χ1v) is 6.44. The second-order valence-corrected chi connectivity index (χ2v) is 4.42. The molecule has 0 bridgehead atoms. The van der Waals surface area contributed by atoms with Crippen molar-refractivity contribution in [3.05, 3.63) is 29.6 Å². The maximum absolute atomic E-state index is 13.4. The van der Waals surface area contributed by atoms with Crippen LogP contribution in [0.3, 0.4) is 0 Å². The predicted molar refractivity (Wildman–Crippen MR) is 73.9 cm³/mol. The minimum atomic E-state index is -0.797. The summed E-state index contributed by atoms with van der Waals surface area (Å²) in [6, 6.07) is 3.07. The number of amides is 1. The number of hydrogen-bond donors (Lipinski definition) is 2. The van der Waals surface area contributed by atoms with Gasteiger partial charge in [-0.15, -0.1) is 0 Å². The first-order chi connectivity index (χ1) is 9.49. The zero-order valence-corrected chi connectivity index (χ0v) is 11.6. The zero-order chi connectivity index (χ0) is 15.1. The number of rotatable bonds is 6. The Morgan fingerprint density at radius 1 is 1.45 bits per heavy atom. The number of hydrogen-bond acceptors (Lipinski definition) is 4. The van der Waals surface area contributed by atoms with Crippen LogP contribution in [0.25, 0.3) is 0 Å². The molecule has 1 amide bonds. The number of carbonyl (C=O) groups is 2. The molecule has 1 aromatic carbocycles. The average molecular weight is 282 g/mol. The van der Waals surface area contributed by atoms with Crippen molar-refractivity contribution in [1.82, 2.24) is 0 Å². The number of unbranched alkanes of at least 4 members (excludes halogenated alkanes) is 1. The van der Waals surface area contributed by atoms with Crippen molar-refractivity contribution in [2.45, 2.75) is 32.2 Å². The van der Waals surface area contributed by atoms with Gasteiger partial charge in [-0.1, -0.05) is 19.8 Å². The van der Waals surface area contributed by atoms with Crippen molar-refractivity contribution in [1.29, 1.82) is 0 Å². The molecule has 0 unspecified atom stereocenters. The van der Waals surface area contributed by atoms with E-state index in [9.17, 15) is 14.0 Å². The van der Waals surface area contributed by atoms with Gasteiger partial charge in [0.1, 0.15) is 5.82 Å². The van der Waals surface area contributed by atoms with Crippen LogP contribution >= 0.6 is 0 Å². The van der Waals surface area contributed by atoms with Gasteiger partial charge in [-0.3, -0.25) is 4.79 Å². The van der Waals surface area contributed by atoms with Crippen molar-refractivity contribution in [3.8, 4) is 0 Å². The molecule has 0 spiro atoms. The van der Waals surface area contributed by atoms with Crippen LogP contribution in [0.15, 0.2) is 18.2 Å². The Morgan fingerprint density at radius 3 is 2.75 bits per heavy atom. The number of nitrogens with two attached hydrogens (primary N) is 1. The van der Waals surface area contributed by atoms with Crippen LogP contribution in [0.2, 0.25) is 0 Å². The van der Waals surface area contributed by atoms with Crippen LogP contribution < -0.4 is 11.1 Å². The van der Waals surface area contributed by atoms with Crippen LogP contribution in [0.4, 0.5) is 10.1 Å². The number of anilines is 1. The van der Waals surface area contributed by atoms with Crippen molar-refractivity contribution >= 4 is 17.6 Å². The molecule has 0 aromatic heterocycles. The summed E-state index contributed by atoms with van der Waals surface area (Å²) in [5.74, 6) is -1.86. The quantitative estimate of drug-likeness (QED) is 0.783. The highest BCUT2D eigenvalue weighted by molar-refractivity contribution is 5.96. The fourth-order valence-electron chi connectivity index (χ4n) is 1.66. The third-order valence-corrected chi connectivity index (χ3v) is 2.84. The Hall–Kier alpha value is -1.95. The third-order valence-electron chi connectivity index (χ3n) is 2.84. The standard InChI is InChI=1S/C14H19FN2O3/c1-3-4-5-12(16)13(18)17-9-6-7-11(15)10(8-9)14(19)20-2/h6-8,12H,3-5,16H2,1-2H3,(H,17,18)/t12-/m0/s1. The topological polar surface area (TPSA) is 81.4 Å². The highest BCUT2D eigenvalue weighted by atomic mass is 19.1. The molecule has 5 nitrogen and oxygen atoms in total. The zero-order valence-electron chi connectivity index (χ0n) is 11.6. The summed E-state index contributed by atoms with van der Waals surface area (Å²) in [5, 5.41) is 2.56. The number of esters is 1. The van der Waals surface area contributed by atoms with E-state index in [1.807, 2.05) is 6.92 Å². The van der Waals surface area contributed by atoms with Crippen molar-refractivity contribution in [2.75, 3.05) is 12.4 Å². The van der Waals surface area contributed by atoms with E-state index in [-0.39, 0.29) is 11.5 Å². The second-order valence-electron chi connectivity index (χ2n) is 4.42. The van der Waals surface area contributed by atoms with E-state index >= 15 is 0 Å². The summed E-state index contributed by atoms with van der Waals surface area (Å²) >= 11 is 0. The highest BCUT2D eigenvalue weighted by Gasteiger charge is 2.16. The maximum atomic E-state index is 13.4. The minimum absolute atomic E-state index is 0.229. The molecule has 0 saturated carbocycles. The van der Waals surface area contributed by atoms with E-state index in [2.05, 4.69) is 10.1 Å². The molecule has 1 rings (SSSR count). The van der Waals surface area contributed by atoms with Gasteiger partial charge in [-0.2, -0.15) is 0 Å². The van der Waals surface area contributed by atoms with E-state index in [0.717, 1.165) is 26.0 Å². The monoisotopic (exact) mass is 282 g/mol. The number of benzene rings is 1. The third kappa shape index (κ3) is 4.31. The molecule has 0 aliphatic rings. The molecule has 6 heteroatoms. The lowest BCUT2D eigenvalue weighted by molar-refractivity contribution is -0.117. The average Bonchev–Trinajstić information content (AvgIpc) is 2.45. The van der Waals surface area contributed by atoms with Crippen molar-refractivity contribution in [3.63, 3.8) is 0 Å². The van der Waals surface area contributed by atoms with E-state index in [1.54, 1.807) is 0 Å². The Bertz CT molecular complexity index is 491. The highest BCUT2D eigenvalue weighted by Crippen LogP contribution is 2.16. The summed E-state index contributed by atoms with van der Waals surface area (Å²) in [7, 11) is 1.16. The predicted octanol–water partition coefficient (Wildman–Crippen LogP) is 2.07. The van der Waals surface area contributed by atoms with Crippen LogP contribution in [-0.4, -0.2) is 25.0 Å². The number of methoxy groups -OCH3 is 1. The fraction of sp³-hybridized carbons (Fsp3) is 0.429. The lowest BCUT2D eigenvalue weighted by Crippen LogP contribution is -2.35. The van der Waals surface area contributed by atoms with Gasteiger partial charge in [-0.05, 0) is 24.6 Å². The number of ether oxygens (including phenoxy) is 1. The summed E-state index contributed by atoms with van der Waals surface area (Å²) in [4.78, 5) is 23.2. The number of carbonyl (C=O) groups excluding carboxylic acids is 2. The van der Waals surface area contributed by atoms with Crippen LogP contribution in [0.5, 0.6) is 0 Å². The molecule has 3 N–H and O–H groups in total. The van der Waals surface area contributed by atoms with Crippen LogP contribution in [0.1, 0.15) is 36.5 Å². The maximum Gasteiger partial charge on any atom is 0.340 e. The lowest BCUT2D eigenvalue weighted by Gasteiger charge is -2.12. The molecular weight excluding hydrogens is 263 g/mol. The first kappa shape index (κ1) is 16.1. The van der Waals surface area contributed by atoms with Gasteiger partial charge in [-0.25, -0.2) is 9.18 Å². The van der Waals surface area contributed by atoms with E-state index in [4.69, 9.17) is 5.73 Å². The molecule has 1 atom stereocenters. The van der Waals surface area contributed by atoms with Crippen molar-refractivity contribution < 1.29 is 18.7 Å². The smallest absolute Gasteiger partial charge is 0.340 e. The van der Waals surface area contributed by atoms with E-state index < -0.39 is 17.8 Å². The Balaban J connectivity index is 2.78. The molecule has 0 fully saturated rings. The Morgan fingerprint density at radius 2 is 2.15 bits per heavy atom. The molecule has 0 aliphatic heterocycles. The Kier molecular flexibility index (Phi) is 6.11. The van der Waals surface area contributed by atoms with Gasteiger partial charge in [0.2, 0.25) is 5.91 Å². The number of halogens is 1. The van der Waals surface area contributed by atoms with Gasteiger partial charge < -0.3 is 15.8 Å². The molecule has 110 valence electrons. The van der Waals surface area contributed by atoms with Gasteiger partial charge >= 0.3 is 5.97 Å². The molecule has 20 heavy (non-hydrogen) atoms. The molecule has 0 aliphatic carbocycles. The van der Waals surface area contributed by atoms with E-state index in [0.29, 0.717) is 12.1 Å². The van der Waals surface area contributed by atoms with Gasteiger partial charge in [0.25, 0.3) is 0 Å². The normalized spacial score (nSPS) is 11.8. The molecular formula is C14H19FN2O3. The van der Waals surface area contributed by atoms with E-state index in [1.165, 1.54) is 12.1 Å². The summed E-state index contributed by atoms with van der Waals surface area (Å²) in [6.07, 6.45) is 2.38. The lowest BCUT2D eigenvalue weighted by atomic mass is 10.1. The molecule has 0 saturated heterocycles. The van der Waals surface area contributed by atoms with Crippen LogP contribution in [-0.2, 0) is 9.53 Å². The molecule has 0 heterocycles. The summed E-state index contributed by atoms with van der Waals surface area (Å²) in [5.41, 5.74) is 5.81. The Labute approximate surface area is 117 Å². The van der Waals surface area contributed by atoms with Gasteiger partial charge in [0.05, 0.1) is 18.7 Å². The fourth-order valence-corrected chi connectivity index (χ4v) is 1.66. The molecule has 0 radical (unpaired) electrons. The summed E-state index contributed by atoms with van der Waals surface area (Å²) in [6.45, 7) is 2.01. The minimum Gasteiger partial charge on any atom is -0.465 e. The largest absolute Gasteiger partial charge is 0.465 e. The molecule has 1 aromatic rings. The van der Waals surface area contributed by atoms with Crippen molar-refractivity contribution in [2.24, 2.45) is 5.73 Å². The second kappa shape index (κ2) is 7.59. The van der Waals surface area contributed by atoms with Gasteiger partial charge in [0, 0.05) is 5.69 Å². The van der Waals surface area contributed by atoms with Gasteiger partial charge in [0.15, 0.2) is 0 Å².